The van der Waals surface area contributed by atoms with Crippen molar-refractivity contribution in [2.45, 2.75) is 24.2 Å². The molecule has 0 fully saturated rings. The van der Waals surface area contributed by atoms with Crippen LogP contribution in [0, 0.1) is 6.92 Å². The van der Waals surface area contributed by atoms with Crippen LogP contribution in [0.1, 0.15) is 16.7 Å². The molecule has 0 radical (unpaired) electrons. The van der Waals surface area contributed by atoms with Crippen LogP contribution in [0.2, 0.25) is 0 Å². The molecule has 0 amide bonds. The Bertz CT molecular complexity index is 418. The second kappa shape index (κ2) is 4.44. The van der Waals surface area contributed by atoms with Crippen LogP contribution in [0.4, 0.5) is 26.3 Å². The lowest BCUT2D eigenvalue weighted by molar-refractivity contribution is -0.143. The minimum absolute atomic E-state index is 0.412. The highest BCUT2D eigenvalue weighted by atomic mass is 32.2. The second-order valence-electron chi connectivity index (χ2n) is 3.37. The average molecular weight is 274 g/mol. The van der Waals surface area contributed by atoms with Crippen molar-refractivity contribution in [2.24, 2.45) is 0 Å². The van der Waals surface area contributed by atoms with Gasteiger partial charge in [-0.3, -0.25) is 0 Å². The van der Waals surface area contributed by atoms with Crippen molar-refractivity contribution in [3.05, 3.63) is 28.8 Å². The van der Waals surface area contributed by atoms with E-state index in [0.29, 0.717) is 23.9 Å². The zero-order chi connectivity index (χ0) is 13.4. The zero-order valence-electron chi connectivity index (χ0n) is 8.83. The molecule has 0 saturated carbocycles. The Labute approximate surface area is 98.0 Å². The first kappa shape index (κ1) is 14.2. The van der Waals surface area contributed by atoms with Gasteiger partial charge >= 0.3 is 12.4 Å². The monoisotopic (exact) mass is 274 g/mol. The molecule has 1 aromatic rings. The molecule has 0 unspecified atom stereocenters. The summed E-state index contributed by atoms with van der Waals surface area (Å²) in [4.78, 5) is -0.412. The van der Waals surface area contributed by atoms with Crippen molar-refractivity contribution in [1.29, 1.82) is 0 Å². The van der Waals surface area contributed by atoms with Crippen LogP contribution >= 0.6 is 11.8 Å². The number of hydrogen-bond donors (Lipinski definition) is 0. The molecule has 1 aromatic carbocycles. The van der Waals surface area contributed by atoms with E-state index >= 15 is 0 Å². The van der Waals surface area contributed by atoms with Gasteiger partial charge in [-0.15, -0.1) is 11.8 Å². The van der Waals surface area contributed by atoms with Crippen LogP contribution in [-0.4, -0.2) is 6.26 Å². The second-order valence-corrected chi connectivity index (χ2v) is 4.21. The molecular formula is C10H8F6S. The fourth-order valence-corrected chi connectivity index (χ4v) is 2.17. The Hall–Kier alpha value is -0.850. The summed E-state index contributed by atoms with van der Waals surface area (Å²) in [6, 6.07) is 1.04. The minimum atomic E-state index is -4.65. The molecule has 0 spiro atoms. The molecule has 0 atom stereocenters. The third-order valence-corrected chi connectivity index (χ3v) is 2.89. The predicted molar refractivity (Wildman–Crippen MR) is 53.0 cm³/mol. The molecule has 0 aliphatic carbocycles. The van der Waals surface area contributed by atoms with E-state index in [4.69, 9.17) is 0 Å². The predicted octanol–water partition coefficient (Wildman–Crippen LogP) is 4.75. The fraction of sp³-hybridized carbons (Fsp3) is 0.400. The summed E-state index contributed by atoms with van der Waals surface area (Å²) in [7, 11) is 0. The van der Waals surface area contributed by atoms with E-state index in [1.165, 1.54) is 6.26 Å². The van der Waals surface area contributed by atoms with Gasteiger partial charge in [0, 0.05) is 4.90 Å². The van der Waals surface area contributed by atoms with Gasteiger partial charge in [0.15, 0.2) is 0 Å². The highest BCUT2D eigenvalue weighted by Gasteiger charge is 2.38. The lowest BCUT2D eigenvalue weighted by Gasteiger charge is -2.17. The van der Waals surface area contributed by atoms with Gasteiger partial charge in [-0.1, -0.05) is 0 Å². The molecule has 0 heterocycles. The summed E-state index contributed by atoms with van der Waals surface area (Å²) in [5, 5.41) is 0. The third kappa shape index (κ3) is 3.08. The molecule has 1 rings (SSSR count). The lowest BCUT2D eigenvalue weighted by atomic mass is 10.0. The molecule has 17 heavy (non-hydrogen) atoms. The van der Waals surface area contributed by atoms with Gasteiger partial charge in [0.25, 0.3) is 0 Å². The van der Waals surface area contributed by atoms with Crippen LogP contribution in [0.15, 0.2) is 17.0 Å². The van der Waals surface area contributed by atoms with Crippen molar-refractivity contribution < 1.29 is 26.3 Å². The summed E-state index contributed by atoms with van der Waals surface area (Å²) in [6.07, 6.45) is -7.98. The SMILES string of the molecule is CSc1cc(C(F)(F)F)cc(C)c1C(F)(F)F. The van der Waals surface area contributed by atoms with Gasteiger partial charge in [0.1, 0.15) is 0 Å². The largest absolute Gasteiger partial charge is 0.417 e. The van der Waals surface area contributed by atoms with Crippen LogP contribution < -0.4 is 0 Å². The quantitative estimate of drug-likeness (QED) is 0.526. The first-order valence-corrected chi connectivity index (χ1v) is 5.63. The maximum absolute atomic E-state index is 12.6. The van der Waals surface area contributed by atoms with E-state index in [0.717, 1.165) is 6.92 Å². The number of benzene rings is 1. The summed E-state index contributed by atoms with van der Waals surface area (Å²) in [6.45, 7) is 1.03. The first-order chi connectivity index (χ1) is 7.57. The van der Waals surface area contributed by atoms with E-state index in [9.17, 15) is 26.3 Å². The minimum Gasteiger partial charge on any atom is -0.166 e. The van der Waals surface area contributed by atoms with E-state index in [1.54, 1.807) is 0 Å². The normalized spacial score (nSPS) is 12.9. The maximum atomic E-state index is 12.6. The smallest absolute Gasteiger partial charge is 0.166 e. The number of halogens is 6. The molecule has 96 valence electrons. The molecule has 0 N–H and O–H groups in total. The van der Waals surface area contributed by atoms with Crippen LogP contribution in [0.25, 0.3) is 0 Å². The van der Waals surface area contributed by atoms with Gasteiger partial charge in [-0.05, 0) is 30.9 Å². The topological polar surface area (TPSA) is 0 Å². The van der Waals surface area contributed by atoms with Crippen LogP contribution in [-0.2, 0) is 12.4 Å². The third-order valence-electron chi connectivity index (χ3n) is 2.13. The van der Waals surface area contributed by atoms with Crippen molar-refractivity contribution in [3.63, 3.8) is 0 Å². The van der Waals surface area contributed by atoms with Gasteiger partial charge < -0.3 is 0 Å². The Morgan fingerprint density at radius 2 is 1.47 bits per heavy atom. The number of rotatable bonds is 1. The van der Waals surface area contributed by atoms with Crippen molar-refractivity contribution in [2.75, 3.05) is 6.26 Å². The first-order valence-electron chi connectivity index (χ1n) is 4.40. The number of hydrogen-bond acceptors (Lipinski definition) is 1. The van der Waals surface area contributed by atoms with Gasteiger partial charge in [0.05, 0.1) is 11.1 Å². The standard InChI is InChI=1S/C10H8F6S/c1-5-3-6(9(11,12)13)4-7(17-2)8(5)10(14,15)16/h3-4H,1-2H3. The number of aryl methyl sites for hydroxylation is 1. The van der Waals surface area contributed by atoms with Gasteiger partial charge in [-0.25, -0.2) is 0 Å². The summed E-state index contributed by atoms with van der Waals surface area (Å²) < 4.78 is 75.2. The van der Waals surface area contributed by atoms with E-state index in [1.807, 2.05) is 0 Å². The maximum Gasteiger partial charge on any atom is 0.417 e. The Balaban J connectivity index is 3.47. The molecular weight excluding hydrogens is 266 g/mol. The molecule has 0 aromatic heterocycles. The molecule has 0 nitrogen and oxygen atoms in total. The highest BCUT2D eigenvalue weighted by molar-refractivity contribution is 7.98. The van der Waals surface area contributed by atoms with Crippen molar-refractivity contribution in [3.8, 4) is 0 Å². The summed E-state index contributed by atoms with van der Waals surface area (Å²) >= 11 is 0.647. The lowest BCUT2D eigenvalue weighted by Crippen LogP contribution is -2.13. The van der Waals surface area contributed by atoms with Gasteiger partial charge in [0.2, 0.25) is 0 Å². The Kier molecular flexibility index (Phi) is 3.71. The Morgan fingerprint density at radius 1 is 0.941 bits per heavy atom. The number of thioether (sulfide) groups is 1. The summed E-state index contributed by atoms with van der Waals surface area (Å²) in [5.41, 5.74) is -2.48. The number of alkyl halides is 6. The summed E-state index contributed by atoms with van der Waals surface area (Å²) in [5.74, 6) is 0. The van der Waals surface area contributed by atoms with E-state index in [2.05, 4.69) is 0 Å². The molecule has 0 saturated heterocycles. The molecule has 0 aliphatic heterocycles. The average Bonchev–Trinajstić information content (AvgIpc) is 2.12. The molecule has 7 heteroatoms. The van der Waals surface area contributed by atoms with Crippen LogP contribution in [0.5, 0.6) is 0 Å². The zero-order valence-corrected chi connectivity index (χ0v) is 9.65. The highest BCUT2D eigenvalue weighted by Crippen LogP contribution is 2.41. The molecule has 0 bridgehead atoms. The van der Waals surface area contributed by atoms with Crippen molar-refractivity contribution in [1.82, 2.24) is 0 Å². The van der Waals surface area contributed by atoms with Crippen LogP contribution in [0.3, 0.4) is 0 Å². The Morgan fingerprint density at radius 3 is 1.82 bits per heavy atom. The fourth-order valence-electron chi connectivity index (χ4n) is 1.44. The van der Waals surface area contributed by atoms with E-state index < -0.39 is 33.9 Å². The van der Waals surface area contributed by atoms with E-state index in [-0.39, 0.29) is 0 Å². The van der Waals surface area contributed by atoms with Gasteiger partial charge in [-0.2, -0.15) is 26.3 Å². The molecule has 0 aliphatic rings. The van der Waals surface area contributed by atoms with Crippen molar-refractivity contribution >= 4 is 11.8 Å².